The Morgan fingerprint density at radius 2 is 2.33 bits per heavy atom. The van der Waals surface area contributed by atoms with Gasteiger partial charge in [0.15, 0.2) is 0 Å². The molecule has 1 heteroatoms. The molecular formula is C11H16S. The SMILES string of the molecule is CCCCC1(c2cccs2)CC1. The van der Waals surface area contributed by atoms with Crippen molar-refractivity contribution >= 4 is 11.3 Å². The number of thiophene rings is 1. The molecule has 0 aromatic carbocycles. The van der Waals surface area contributed by atoms with Gasteiger partial charge in [0.2, 0.25) is 0 Å². The third-order valence-electron chi connectivity index (χ3n) is 2.91. The van der Waals surface area contributed by atoms with Crippen molar-refractivity contribution < 1.29 is 0 Å². The summed E-state index contributed by atoms with van der Waals surface area (Å²) in [5.41, 5.74) is 0.643. The molecule has 0 atom stereocenters. The molecular weight excluding hydrogens is 164 g/mol. The highest BCUT2D eigenvalue weighted by atomic mass is 32.1. The van der Waals surface area contributed by atoms with E-state index in [9.17, 15) is 0 Å². The van der Waals surface area contributed by atoms with E-state index >= 15 is 0 Å². The van der Waals surface area contributed by atoms with E-state index in [0.29, 0.717) is 5.41 Å². The van der Waals surface area contributed by atoms with Crippen LogP contribution in [0.25, 0.3) is 0 Å². The van der Waals surface area contributed by atoms with Crippen LogP contribution < -0.4 is 0 Å². The lowest BCUT2D eigenvalue weighted by Crippen LogP contribution is -2.02. The number of rotatable bonds is 4. The summed E-state index contributed by atoms with van der Waals surface area (Å²) in [6.07, 6.45) is 7.04. The van der Waals surface area contributed by atoms with Gasteiger partial charge in [-0.25, -0.2) is 0 Å². The van der Waals surface area contributed by atoms with Gasteiger partial charge in [-0.15, -0.1) is 11.3 Å². The monoisotopic (exact) mass is 180 g/mol. The molecule has 0 bridgehead atoms. The molecule has 0 unspecified atom stereocenters. The van der Waals surface area contributed by atoms with Crippen LogP contribution in [0.5, 0.6) is 0 Å². The van der Waals surface area contributed by atoms with Gasteiger partial charge in [-0.05, 0) is 30.7 Å². The van der Waals surface area contributed by atoms with Gasteiger partial charge >= 0.3 is 0 Å². The lowest BCUT2D eigenvalue weighted by atomic mass is 9.97. The average molecular weight is 180 g/mol. The van der Waals surface area contributed by atoms with E-state index in [1.54, 1.807) is 4.88 Å². The summed E-state index contributed by atoms with van der Waals surface area (Å²) in [4.78, 5) is 1.64. The van der Waals surface area contributed by atoms with Crippen molar-refractivity contribution in [3.8, 4) is 0 Å². The molecule has 12 heavy (non-hydrogen) atoms. The Morgan fingerprint density at radius 3 is 2.83 bits per heavy atom. The van der Waals surface area contributed by atoms with Gasteiger partial charge in [0.1, 0.15) is 0 Å². The average Bonchev–Trinajstić information content (AvgIpc) is 2.66. The zero-order valence-electron chi connectivity index (χ0n) is 7.68. The van der Waals surface area contributed by atoms with Gasteiger partial charge < -0.3 is 0 Å². The first-order valence-corrected chi connectivity index (χ1v) is 5.79. The van der Waals surface area contributed by atoms with Crippen molar-refractivity contribution in [2.45, 2.75) is 44.4 Å². The third kappa shape index (κ3) is 1.42. The van der Waals surface area contributed by atoms with Gasteiger partial charge in [-0.1, -0.05) is 25.8 Å². The molecule has 0 saturated heterocycles. The highest BCUT2D eigenvalue weighted by molar-refractivity contribution is 7.10. The van der Waals surface area contributed by atoms with Crippen LogP contribution in [0.1, 0.15) is 43.9 Å². The van der Waals surface area contributed by atoms with Gasteiger partial charge in [0, 0.05) is 10.3 Å². The van der Waals surface area contributed by atoms with Crippen LogP contribution in [0.4, 0.5) is 0 Å². The minimum absolute atomic E-state index is 0.643. The Bertz CT molecular complexity index is 232. The summed E-state index contributed by atoms with van der Waals surface area (Å²) in [6.45, 7) is 2.28. The van der Waals surface area contributed by atoms with E-state index in [0.717, 1.165) is 0 Å². The van der Waals surface area contributed by atoms with Crippen molar-refractivity contribution in [3.63, 3.8) is 0 Å². The Balaban J connectivity index is 2.02. The molecule has 0 N–H and O–H groups in total. The van der Waals surface area contributed by atoms with Crippen molar-refractivity contribution in [2.75, 3.05) is 0 Å². The summed E-state index contributed by atoms with van der Waals surface area (Å²) in [5.74, 6) is 0. The first kappa shape index (κ1) is 8.31. The minimum Gasteiger partial charge on any atom is -0.148 e. The highest BCUT2D eigenvalue weighted by Crippen LogP contribution is 2.53. The van der Waals surface area contributed by atoms with E-state index in [-0.39, 0.29) is 0 Å². The molecule has 0 amide bonds. The Morgan fingerprint density at radius 1 is 1.50 bits per heavy atom. The maximum atomic E-state index is 2.31. The second-order valence-electron chi connectivity index (χ2n) is 3.86. The molecule has 0 spiro atoms. The summed E-state index contributed by atoms with van der Waals surface area (Å²) in [5, 5.41) is 2.21. The fraction of sp³-hybridized carbons (Fsp3) is 0.636. The van der Waals surface area contributed by atoms with Crippen LogP contribution in [-0.4, -0.2) is 0 Å². The number of unbranched alkanes of at least 4 members (excludes halogenated alkanes) is 1. The first-order valence-electron chi connectivity index (χ1n) is 4.91. The van der Waals surface area contributed by atoms with Crippen molar-refractivity contribution in [3.05, 3.63) is 22.4 Å². The Labute approximate surface area is 78.6 Å². The van der Waals surface area contributed by atoms with Crippen molar-refractivity contribution in [1.82, 2.24) is 0 Å². The van der Waals surface area contributed by atoms with Crippen LogP contribution in [-0.2, 0) is 5.41 Å². The molecule has 2 rings (SSSR count). The topological polar surface area (TPSA) is 0 Å². The van der Waals surface area contributed by atoms with Gasteiger partial charge in [0.05, 0.1) is 0 Å². The molecule has 0 aliphatic heterocycles. The molecule has 66 valence electrons. The standard InChI is InChI=1S/C11H16S/c1-2-3-6-11(7-8-11)10-5-4-9-12-10/h4-5,9H,2-3,6-8H2,1H3. The largest absolute Gasteiger partial charge is 0.148 e. The van der Waals surface area contributed by atoms with Crippen molar-refractivity contribution in [2.24, 2.45) is 0 Å². The molecule has 1 saturated carbocycles. The van der Waals surface area contributed by atoms with Crippen LogP contribution in [0.15, 0.2) is 17.5 Å². The van der Waals surface area contributed by atoms with E-state index in [2.05, 4.69) is 24.4 Å². The second-order valence-corrected chi connectivity index (χ2v) is 4.81. The van der Waals surface area contributed by atoms with Crippen LogP contribution in [0.2, 0.25) is 0 Å². The molecule has 1 aliphatic rings. The predicted octanol–water partition coefficient (Wildman–Crippen LogP) is 3.97. The molecule has 1 aliphatic carbocycles. The minimum atomic E-state index is 0.643. The summed E-state index contributed by atoms with van der Waals surface area (Å²) in [7, 11) is 0. The Kier molecular flexibility index (Phi) is 2.22. The normalized spacial score (nSPS) is 19.4. The van der Waals surface area contributed by atoms with E-state index in [1.165, 1.54) is 32.1 Å². The quantitative estimate of drug-likeness (QED) is 0.657. The summed E-state index contributed by atoms with van der Waals surface area (Å²) < 4.78 is 0. The molecule has 0 radical (unpaired) electrons. The number of hydrogen-bond donors (Lipinski definition) is 0. The maximum Gasteiger partial charge on any atom is 0.0107 e. The van der Waals surface area contributed by atoms with Crippen LogP contribution >= 0.6 is 11.3 Å². The van der Waals surface area contributed by atoms with E-state index in [1.807, 2.05) is 11.3 Å². The molecule has 1 heterocycles. The Hall–Kier alpha value is -0.300. The summed E-state index contributed by atoms with van der Waals surface area (Å²) >= 11 is 1.94. The van der Waals surface area contributed by atoms with Gasteiger partial charge in [0.25, 0.3) is 0 Å². The van der Waals surface area contributed by atoms with E-state index < -0.39 is 0 Å². The summed E-state index contributed by atoms with van der Waals surface area (Å²) in [6, 6.07) is 4.50. The van der Waals surface area contributed by atoms with E-state index in [4.69, 9.17) is 0 Å². The molecule has 1 aromatic rings. The lowest BCUT2D eigenvalue weighted by Gasteiger charge is -2.11. The number of hydrogen-bond acceptors (Lipinski definition) is 1. The fourth-order valence-electron chi connectivity index (χ4n) is 1.87. The molecule has 0 nitrogen and oxygen atoms in total. The lowest BCUT2D eigenvalue weighted by molar-refractivity contribution is 0.584. The van der Waals surface area contributed by atoms with Crippen LogP contribution in [0, 0.1) is 0 Å². The molecule has 1 fully saturated rings. The predicted molar refractivity (Wildman–Crippen MR) is 54.8 cm³/mol. The smallest absolute Gasteiger partial charge is 0.0107 e. The van der Waals surface area contributed by atoms with Crippen LogP contribution in [0.3, 0.4) is 0 Å². The maximum absolute atomic E-state index is 2.31. The van der Waals surface area contributed by atoms with Crippen molar-refractivity contribution in [1.29, 1.82) is 0 Å². The highest BCUT2D eigenvalue weighted by Gasteiger charge is 2.43. The molecule has 1 aromatic heterocycles. The zero-order valence-corrected chi connectivity index (χ0v) is 8.49. The zero-order chi connectivity index (χ0) is 8.44. The van der Waals surface area contributed by atoms with Gasteiger partial charge in [-0.2, -0.15) is 0 Å². The second kappa shape index (κ2) is 3.21. The first-order chi connectivity index (χ1) is 5.87. The third-order valence-corrected chi connectivity index (χ3v) is 4.02. The van der Waals surface area contributed by atoms with Gasteiger partial charge in [-0.3, -0.25) is 0 Å². The fourth-order valence-corrected chi connectivity index (χ4v) is 2.88.